The number of rotatable bonds is 2. The van der Waals surface area contributed by atoms with Crippen molar-refractivity contribution in [2.45, 2.75) is 51.1 Å². The number of nitrogens with one attached hydrogen (secondary N) is 1. The molecular weight excluding hydrogens is 152 g/mol. The minimum atomic E-state index is 0.162. The van der Waals surface area contributed by atoms with E-state index in [9.17, 15) is 4.79 Å². The summed E-state index contributed by atoms with van der Waals surface area (Å²) >= 11 is 0. The average molecular weight is 170 g/mol. The molecule has 3 nitrogen and oxygen atoms in total. The van der Waals surface area contributed by atoms with Gasteiger partial charge in [-0.3, -0.25) is 4.79 Å². The molecule has 0 unspecified atom stereocenters. The molecule has 0 atom stereocenters. The van der Waals surface area contributed by atoms with Gasteiger partial charge in [-0.1, -0.05) is 6.92 Å². The Morgan fingerprint density at radius 1 is 1.42 bits per heavy atom. The summed E-state index contributed by atoms with van der Waals surface area (Å²) in [6.07, 6.45) is 4.78. The highest BCUT2D eigenvalue weighted by molar-refractivity contribution is 5.75. The molecular formula is C9H18N2O. The molecule has 0 bridgehead atoms. The Balaban J connectivity index is 2.21. The van der Waals surface area contributed by atoms with Gasteiger partial charge in [-0.15, -0.1) is 0 Å². The van der Waals surface area contributed by atoms with Crippen LogP contribution in [0.4, 0.5) is 0 Å². The van der Waals surface area contributed by atoms with Gasteiger partial charge in [-0.2, -0.15) is 0 Å². The van der Waals surface area contributed by atoms with Crippen LogP contribution in [-0.4, -0.2) is 18.0 Å². The number of carbonyl (C=O) groups is 1. The van der Waals surface area contributed by atoms with Crippen LogP contribution in [0.5, 0.6) is 0 Å². The molecule has 1 amide bonds. The molecule has 3 heteroatoms. The van der Waals surface area contributed by atoms with Crippen molar-refractivity contribution in [3.8, 4) is 0 Å². The highest BCUT2D eigenvalue weighted by Crippen LogP contribution is 2.16. The second kappa shape index (κ2) is 4.45. The molecule has 0 spiro atoms. The van der Waals surface area contributed by atoms with Crippen molar-refractivity contribution in [2.24, 2.45) is 5.73 Å². The number of carbonyl (C=O) groups excluding carboxylic acids is 1. The molecule has 12 heavy (non-hydrogen) atoms. The Bertz CT molecular complexity index is 151. The van der Waals surface area contributed by atoms with Crippen LogP contribution in [-0.2, 0) is 4.79 Å². The molecule has 1 fully saturated rings. The van der Waals surface area contributed by atoms with Crippen LogP contribution in [0.1, 0.15) is 39.0 Å². The van der Waals surface area contributed by atoms with Gasteiger partial charge in [-0.05, 0) is 25.7 Å². The van der Waals surface area contributed by atoms with Gasteiger partial charge in [0.2, 0.25) is 5.91 Å². The number of hydrogen-bond donors (Lipinski definition) is 2. The molecule has 0 heterocycles. The second-order valence-electron chi connectivity index (χ2n) is 3.53. The van der Waals surface area contributed by atoms with Gasteiger partial charge in [0.1, 0.15) is 0 Å². The maximum atomic E-state index is 11.0. The van der Waals surface area contributed by atoms with Crippen LogP contribution in [0.15, 0.2) is 0 Å². The van der Waals surface area contributed by atoms with Crippen molar-refractivity contribution >= 4 is 5.91 Å². The summed E-state index contributed by atoms with van der Waals surface area (Å²) in [4.78, 5) is 11.0. The standard InChI is InChI=1S/C9H18N2O/c1-2-9(12)11-8-5-3-7(10)4-6-8/h7-8H,2-6,10H2,1H3,(H,11,12). The lowest BCUT2D eigenvalue weighted by atomic mass is 9.92. The van der Waals surface area contributed by atoms with Gasteiger partial charge in [-0.25, -0.2) is 0 Å². The first-order chi connectivity index (χ1) is 5.72. The SMILES string of the molecule is CCC(=O)NC1CCC(N)CC1. The van der Waals surface area contributed by atoms with Crippen molar-refractivity contribution in [3.63, 3.8) is 0 Å². The van der Waals surface area contributed by atoms with E-state index in [1.807, 2.05) is 6.92 Å². The number of amides is 1. The highest BCUT2D eigenvalue weighted by Gasteiger charge is 2.18. The average Bonchev–Trinajstić information content (AvgIpc) is 2.09. The van der Waals surface area contributed by atoms with E-state index in [2.05, 4.69) is 5.32 Å². The third kappa shape index (κ3) is 2.81. The Morgan fingerprint density at radius 2 is 2.00 bits per heavy atom. The van der Waals surface area contributed by atoms with E-state index in [1.54, 1.807) is 0 Å². The van der Waals surface area contributed by atoms with Crippen LogP contribution in [0, 0.1) is 0 Å². The molecule has 1 saturated carbocycles. The third-order valence-corrected chi connectivity index (χ3v) is 2.46. The Morgan fingerprint density at radius 3 is 2.50 bits per heavy atom. The fourth-order valence-electron chi connectivity index (χ4n) is 1.59. The molecule has 3 N–H and O–H groups in total. The Kier molecular flexibility index (Phi) is 3.53. The maximum Gasteiger partial charge on any atom is 0.219 e. The zero-order valence-electron chi connectivity index (χ0n) is 7.68. The van der Waals surface area contributed by atoms with E-state index in [0.29, 0.717) is 18.5 Å². The lowest BCUT2D eigenvalue weighted by Crippen LogP contribution is -2.40. The van der Waals surface area contributed by atoms with Gasteiger partial charge < -0.3 is 11.1 Å². The molecule has 70 valence electrons. The van der Waals surface area contributed by atoms with Gasteiger partial charge in [0.05, 0.1) is 0 Å². The summed E-state index contributed by atoms with van der Waals surface area (Å²) in [5.74, 6) is 0.162. The van der Waals surface area contributed by atoms with Crippen molar-refractivity contribution in [1.29, 1.82) is 0 Å². The second-order valence-corrected chi connectivity index (χ2v) is 3.53. The van der Waals surface area contributed by atoms with Gasteiger partial charge in [0.25, 0.3) is 0 Å². The van der Waals surface area contributed by atoms with Crippen LogP contribution in [0.3, 0.4) is 0 Å². The monoisotopic (exact) mass is 170 g/mol. The summed E-state index contributed by atoms with van der Waals surface area (Å²) < 4.78 is 0. The van der Waals surface area contributed by atoms with E-state index in [4.69, 9.17) is 5.73 Å². The molecule has 0 aromatic carbocycles. The van der Waals surface area contributed by atoms with Gasteiger partial charge in [0.15, 0.2) is 0 Å². The molecule has 1 aliphatic carbocycles. The van der Waals surface area contributed by atoms with E-state index < -0.39 is 0 Å². The smallest absolute Gasteiger partial charge is 0.219 e. The first-order valence-electron chi connectivity index (χ1n) is 4.77. The van der Waals surface area contributed by atoms with Crippen molar-refractivity contribution < 1.29 is 4.79 Å². The summed E-state index contributed by atoms with van der Waals surface area (Å²) in [5, 5.41) is 2.99. The molecule has 0 aromatic heterocycles. The van der Waals surface area contributed by atoms with Gasteiger partial charge in [0, 0.05) is 18.5 Å². The van der Waals surface area contributed by atoms with Crippen molar-refractivity contribution in [3.05, 3.63) is 0 Å². The van der Waals surface area contributed by atoms with E-state index >= 15 is 0 Å². The Labute approximate surface area is 73.7 Å². The lowest BCUT2D eigenvalue weighted by Gasteiger charge is -2.26. The molecule has 0 aliphatic heterocycles. The lowest BCUT2D eigenvalue weighted by molar-refractivity contribution is -0.121. The zero-order chi connectivity index (χ0) is 8.97. The number of hydrogen-bond acceptors (Lipinski definition) is 2. The van der Waals surface area contributed by atoms with Crippen molar-refractivity contribution in [1.82, 2.24) is 5.32 Å². The van der Waals surface area contributed by atoms with E-state index in [0.717, 1.165) is 25.7 Å². The first kappa shape index (κ1) is 9.52. The zero-order valence-corrected chi connectivity index (χ0v) is 7.68. The summed E-state index contributed by atoms with van der Waals surface area (Å²) in [7, 11) is 0. The maximum absolute atomic E-state index is 11.0. The predicted octanol–water partition coefficient (Wildman–Crippen LogP) is 0.782. The van der Waals surface area contributed by atoms with E-state index in [-0.39, 0.29) is 5.91 Å². The van der Waals surface area contributed by atoms with Gasteiger partial charge >= 0.3 is 0 Å². The molecule has 0 aromatic rings. The molecule has 1 rings (SSSR count). The summed E-state index contributed by atoms with van der Waals surface area (Å²) in [5.41, 5.74) is 5.75. The quantitative estimate of drug-likeness (QED) is 0.643. The summed E-state index contributed by atoms with van der Waals surface area (Å²) in [6.45, 7) is 1.88. The van der Waals surface area contributed by atoms with Crippen LogP contribution >= 0.6 is 0 Å². The Hall–Kier alpha value is -0.570. The van der Waals surface area contributed by atoms with E-state index in [1.165, 1.54) is 0 Å². The topological polar surface area (TPSA) is 55.1 Å². The third-order valence-electron chi connectivity index (χ3n) is 2.46. The largest absolute Gasteiger partial charge is 0.353 e. The number of nitrogens with two attached hydrogens (primary N) is 1. The normalized spacial score (nSPS) is 29.8. The molecule has 1 aliphatic rings. The highest BCUT2D eigenvalue weighted by atomic mass is 16.1. The van der Waals surface area contributed by atoms with Crippen molar-refractivity contribution in [2.75, 3.05) is 0 Å². The molecule has 0 saturated heterocycles. The van der Waals surface area contributed by atoms with Crippen LogP contribution in [0.2, 0.25) is 0 Å². The fraction of sp³-hybridized carbons (Fsp3) is 0.889. The van der Waals surface area contributed by atoms with Crippen LogP contribution < -0.4 is 11.1 Å². The predicted molar refractivity (Wildman–Crippen MR) is 48.7 cm³/mol. The summed E-state index contributed by atoms with van der Waals surface area (Å²) in [6, 6.07) is 0.747. The minimum Gasteiger partial charge on any atom is -0.353 e. The van der Waals surface area contributed by atoms with Crippen LogP contribution in [0.25, 0.3) is 0 Å². The first-order valence-corrected chi connectivity index (χ1v) is 4.77. The molecule has 0 radical (unpaired) electrons. The minimum absolute atomic E-state index is 0.162. The fourth-order valence-corrected chi connectivity index (χ4v) is 1.59.